The lowest BCUT2D eigenvalue weighted by atomic mass is 10.0. The summed E-state index contributed by atoms with van der Waals surface area (Å²) in [5, 5.41) is 6.22. The third-order valence-electron chi connectivity index (χ3n) is 3.39. The first kappa shape index (κ1) is 13.7. The van der Waals surface area contributed by atoms with Gasteiger partial charge in [-0.25, -0.2) is 4.98 Å². The average Bonchev–Trinajstić information content (AvgIpc) is 3.08. The van der Waals surface area contributed by atoms with Crippen molar-refractivity contribution >= 4 is 11.9 Å². The van der Waals surface area contributed by atoms with Gasteiger partial charge in [0.25, 0.3) is 0 Å². The minimum absolute atomic E-state index is 0.505. The van der Waals surface area contributed by atoms with Crippen molar-refractivity contribution in [3.05, 3.63) is 18.7 Å². The van der Waals surface area contributed by atoms with Crippen LogP contribution in [-0.2, 0) is 4.74 Å². The third kappa shape index (κ3) is 3.46. The highest BCUT2D eigenvalue weighted by Gasteiger charge is 2.14. The van der Waals surface area contributed by atoms with E-state index in [1.165, 1.54) is 6.42 Å². The van der Waals surface area contributed by atoms with Gasteiger partial charge < -0.3 is 15.4 Å². The van der Waals surface area contributed by atoms with Crippen molar-refractivity contribution in [1.82, 2.24) is 24.5 Å². The van der Waals surface area contributed by atoms with Crippen LogP contribution in [0.1, 0.15) is 12.8 Å². The van der Waals surface area contributed by atoms with Crippen LogP contribution in [0.5, 0.6) is 0 Å². The van der Waals surface area contributed by atoms with Gasteiger partial charge >= 0.3 is 0 Å². The van der Waals surface area contributed by atoms with Crippen molar-refractivity contribution in [3.8, 4) is 5.95 Å². The number of ether oxygens (including phenoxy) is 1. The molecule has 0 saturated carbocycles. The third-order valence-corrected chi connectivity index (χ3v) is 3.39. The maximum atomic E-state index is 5.48. The summed E-state index contributed by atoms with van der Waals surface area (Å²) in [5.41, 5.74) is 0. The Morgan fingerprint density at radius 3 is 2.95 bits per heavy atom. The van der Waals surface area contributed by atoms with Crippen molar-refractivity contribution in [1.29, 1.82) is 0 Å². The van der Waals surface area contributed by atoms with Gasteiger partial charge in [-0.2, -0.15) is 15.0 Å². The highest BCUT2D eigenvalue weighted by molar-refractivity contribution is 5.37. The topological polar surface area (TPSA) is 89.8 Å². The summed E-state index contributed by atoms with van der Waals surface area (Å²) < 4.78 is 7.23. The van der Waals surface area contributed by atoms with Crippen LogP contribution in [0.3, 0.4) is 0 Å². The highest BCUT2D eigenvalue weighted by Crippen LogP contribution is 2.15. The molecule has 1 fully saturated rings. The molecule has 1 unspecified atom stereocenters. The van der Waals surface area contributed by atoms with Crippen LogP contribution in [0.4, 0.5) is 11.9 Å². The van der Waals surface area contributed by atoms with Crippen LogP contribution in [0.25, 0.3) is 5.95 Å². The Hall–Kier alpha value is -2.22. The largest absolute Gasteiger partial charge is 0.381 e. The Morgan fingerprint density at radius 1 is 1.33 bits per heavy atom. The molecule has 0 spiro atoms. The van der Waals surface area contributed by atoms with E-state index >= 15 is 0 Å². The molecule has 3 heterocycles. The van der Waals surface area contributed by atoms with Gasteiger partial charge in [-0.1, -0.05) is 0 Å². The Morgan fingerprint density at radius 2 is 2.24 bits per heavy atom. The molecule has 2 aromatic rings. The number of nitrogens with one attached hydrogen (secondary N) is 2. The lowest BCUT2D eigenvalue weighted by Crippen LogP contribution is -2.25. The summed E-state index contributed by atoms with van der Waals surface area (Å²) in [5.74, 6) is 2.12. The van der Waals surface area contributed by atoms with Crippen LogP contribution in [0.2, 0.25) is 0 Å². The van der Waals surface area contributed by atoms with E-state index in [1.807, 2.05) is 0 Å². The summed E-state index contributed by atoms with van der Waals surface area (Å²) >= 11 is 0. The van der Waals surface area contributed by atoms with E-state index in [0.29, 0.717) is 23.8 Å². The Labute approximate surface area is 123 Å². The molecule has 1 atom stereocenters. The summed E-state index contributed by atoms with van der Waals surface area (Å²) in [6.07, 6.45) is 7.44. The molecule has 8 nitrogen and oxygen atoms in total. The summed E-state index contributed by atoms with van der Waals surface area (Å²) in [6.45, 7) is 2.47. The minimum Gasteiger partial charge on any atom is -0.381 e. The van der Waals surface area contributed by atoms with E-state index < -0.39 is 0 Å². The van der Waals surface area contributed by atoms with E-state index in [1.54, 1.807) is 30.3 Å². The van der Waals surface area contributed by atoms with Crippen LogP contribution in [0, 0.1) is 5.92 Å². The summed E-state index contributed by atoms with van der Waals surface area (Å²) in [6, 6.07) is 0. The predicted octanol–water partition coefficient (Wildman–Crippen LogP) is 0.937. The number of nitrogens with zero attached hydrogens (tertiary/aromatic N) is 5. The number of rotatable bonds is 5. The van der Waals surface area contributed by atoms with Crippen LogP contribution in [-0.4, -0.2) is 51.3 Å². The molecule has 2 aromatic heterocycles. The zero-order valence-corrected chi connectivity index (χ0v) is 12.0. The number of anilines is 2. The molecule has 2 N–H and O–H groups in total. The normalized spacial score (nSPS) is 18.4. The predicted molar refractivity (Wildman–Crippen MR) is 78.5 cm³/mol. The van der Waals surface area contributed by atoms with Crippen molar-refractivity contribution in [2.45, 2.75) is 12.8 Å². The van der Waals surface area contributed by atoms with E-state index in [-0.39, 0.29) is 0 Å². The van der Waals surface area contributed by atoms with Crippen molar-refractivity contribution in [3.63, 3.8) is 0 Å². The SMILES string of the molecule is CNc1nc(NCC2CCCOC2)nc(-n2ccnc2)n1. The van der Waals surface area contributed by atoms with Crippen LogP contribution < -0.4 is 10.6 Å². The zero-order chi connectivity index (χ0) is 14.5. The molecule has 0 bridgehead atoms. The second-order valence-corrected chi connectivity index (χ2v) is 4.97. The maximum Gasteiger partial charge on any atom is 0.241 e. The number of hydrogen-bond acceptors (Lipinski definition) is 7. The maximum absolute atomic E-state index is 5.48. The molecular weight excluding hydrogens is 270 g/mol. The molecule has 21 heavy (non-hydrogen) atoms. The smallest absolute Gasteiger partial charge is 0.241 e. The zero-order valence-electron chi connectivity index (χ0n) is 12.0. The molecule has 1 aliphatic heterocycles. The van der Waals surface area contributed by atoms with Crippen molar-refractivity contribution < 1.29 is 4.74 Å². The van der Waals surface area contributed by atoms with E-state index in [0.717, 1.165) is 26.2 Å². The van der Waals surface area contributed by atoms with Crippen LogP contribution >= 0.6 is 0 Å². The second kappa shape index (κ2) is 6.49. The van der Waals surface area contributed by atoms with Crippen molar-refractivity contribution in [2.75, 3.05) is 37.4 Å². The molecule has 0 amide bonds. The number of imidazole rings is 1. The molecule has 0 radical (unpaired) electrons. The fourth-order valence-corrected chi connectivity index (χ4v) is 2.25. The van der Waals surface area contributed by atoms with E-state index in [2.05, 4.69) is 30.6 Å². The molecule has 3 rings (SSSR count). The van der Waals surface area contributed by atoms with Gasteiger partial charge in [-0.05, 0) is 18.8 Å². The Kier molecular flexibility index (Phi) is 4.25. The Bertz CT molecular complexity index is 566. The molecule has 1 saturated heterocycles. The lowest BCUT2D eigenvalue weighted by Gasteiger charge is -2.22. The summed E-state index contributed by atoms with van der Waals surface area (Å²) in [7, 11) is 1.78. The minimum atomic E-state index is 0.505. The number of aromatic nitrogens is 5. The first-order valence-corrected chi connectivity index (χ1v) is 7.09. The van der Waals surface area contributed by atoms with Gasteiger partial charge in [-0.3, -0.25) is 4.57 Å². The molecule has 8 heteroatoms. The first-order chi connectivity index (χ1) is 10.3. The lowest BCUT2D eigenvalue weighted by molar-refractivity contribution is 0.0594. The highest BCUT2D eigenvalue weighted by atomic mass is 16.5. The number of hydrogen-bond donors (Lipinski definition) is 2. The fraction of sp³-hybridized carbons (Fsp3) is 0.538. The fourth-order valence-electron chi connectivity index (χ4n) is 2.25. The standard InChI is InChI=1S/C13H19N7O/c1-14-11-17-12(16-7-10-3-2-6-21-8-10)19-13(18-11)20-5-4-15-9-20/h4-5,9-10H,2-3,6-8H2,1H3,(H2,14,16,17,18,19). The Balaban J connectivity index is 1.73. The monoisotopic (exact) mass is 289 g/mol. The second-order valence-electron chi connectivity index (χ2n) is 4.97. The molecule has 1 aliphatic rings. The van der Waals surface area contributed by atoms with Gasteiger partial charge in [0.2, 0.25) is 17.8 Å². The molecule has 112 valence electrons. The van der Waals surface area contributed by atoms with Crippen LogP contribution in [0.15, 0.2) is 18.7 Å². The molecular formula is C13H19N7O. The molecule has 0 aliphatic carbocycles. The van der Waals surface area contributed by atoms with Crippen molar-refractivity contribution in [2.24, 2.45) is 5.92 Å². The molecule has 0 aromatic carbocycles. The van der Waals surface area contributed by atoms with Gasteiger partial charge in [0.15, 0.2) is 0 Å². The van der Waals surface area contributed by atoms with E-state index in [9.17, 15) is 0 Å². The van der Waals surface area contributed by atoms with E-state index in [4.69, 9.17) is 4.74 Å². The first-order valence-electron chi connectivity index (χ1n) is 7.09. The quantitative estimate of drug-likeness (QED) is 0.846. The van der Waals surface area contributed by atoms with Gasteiger partial charge in [0.1, 0.15) is 6.33 Å². The summed E-state index contributed by atoms with van der Waals surface area (Å²) in [4.78, 5) is 17.1. The van der Waals surface area contributed by atoms with Gasteiger partial charge in [0, 0.05) is 32.6 Å². The average molecular weight is 289 g/mol. The van der Waals surface area contributed by atoms with Gasteiger partial charge in [-0.15, -0.1) is 0 Å². The van der Waals surface area contributed by atoms with Gasteiger partial charge in [0.05, 0.1) is 6.61 Å².